The van der Waals surface area contributed by atoms with Gasteiger partial charge >= 0.3 is 0 Å². The molecule has 3 aromatic carbocycles. The first-order valence-corrected chi connectivity index (χ1v) is 11.4. The fraction of sp³-hybridized carbons (Fsp3) is 0.0800. The minimum absolute atomic E-state index is 0.296. The van der Waals surface area contributed by atoms with Crippen LogP contribution in [0.15, 0.2) is 85.5 Å². The third-order valence-electron chi connectivity index (χ3n) is 5.04. The summed E-state index contributed by atoms with van der Waals surface area (Å²) in [5.41, 5.74) is 1.56. The Morgan fingerprint density at radius 2 is 1.94 bits per heavy atom. The highest BCUT2D eigenvalue weighted by molar-refractivity contribution is 9.10. The number of nitrogens with zero attached hydrogens (tertiary/aromatic N) is 3. The van der Waals surface area contributed by atoms with Crippen molar-refractivity contribution in [2.24, 2.45) is 5.10 Å². The normalized spacial score (nSPS) is 11.6. The van der Waals surface area contributed by atoms with Gasteiger partial charge in [-0.25, -0.2) is 4.98 Å². The lowest BCUT2D eigenvalue weighted by atomic mass is 10.2. The highest BCUT2D eigenvalue weighted by atomic mass is 79.9. The maximum absolute atomic E-state index is 13.4. The van der Waals surface area contributed by atoms with Crippen LogP contribution >= 0.6 is 27.5 Å². The molecular formula is C25H17BrClN3O3. The van der Waals surface area contributed by atoms with Crippen molar-refractivity contribution in [1.82, 2.24) is 9.66 Å². The number of fused-ring (bicyclic) bond motifs is 2. The Bertz CT molecular complexity index is 1560. The van der Waals surface area contributed by atoms with E-state index in [1.165, 1.54) is 10.9 Å². The largest absolute Gasteiger partial charge is 0.492 e. The number of ether oxygens (including phenoxy) is 1. The maximum Gasteiger partial charge on any atom is 0.282 e. The number of hydrogen-bond donors (Lipinski definition) is 0. The molecule has 2 aromatic heterocycles. The van der Waals surface area contributed by atoms with Crippen LogP contribution in [0.4, 0.5) is 0 Å². The minimum atomic E-state index is -0.314. The number of para-hydroxylation sites is 2. The summed E-state index contributed by atoms with van der Waals surface area (Å²) in [5.74, 6) is 1.32. The number of halogens is 2. The third kappa shape index (κ3) is 4.05. The van der Waals surface area contributed by atoms with E-state index in [0.717, 1.165) is 5.39 Å². The molecular weight excluding hydrogens is 506 g/mol. The molecule has 6 nitrogen and oxygen atoms in total. The molecule has 0 radical (unpaired) electrons. The molecule has 0 fully saturated rings. The average Bonchev–Trinajstić information content (AvgIpc) is 3.24. The highest BCUT2D eigenvalue weighted by Crippen LogP contribution is 2.32. The Hall–Kier alpha value is -3.42. The fourth-order valence-electron chi connectivity index (χ4n) is 3.58. The molecule has 8 heteroatoms. The van der Waals surface area contributed by atoms with Crippen LogP contribution in [0.2, 0.25) is 5.02 Å². The fourth-order valence-corrected chi connectivity index (χ4v) is 4.52. The standard InChI is InChI=1S/C25H17BrClN3O3/c1-2-32-23-16(11-17(27)13-19(23)26)14-28-30-24(22-12-15-7-3-6-10-21(15)33-22)29-20-9-5-4-8-18(20)25(30)31/h3-14H,2H2,1H3. The summed E-state index contributed by atoms with van der Waals surface area (Å²) < 4.78 is 13.7. The second-order valence-corrected chi connectivity index (χ2v) is 8.49. The Labute approximate surface area is 202 Å². The molecule has 5 rings (SSSR count). The van der Waals surface area contributed by atoms with Crippen LogP contribution in [0, 0.1) is 0 Å². The molecule has 0 amide bonds. The summed E-state index contributed by atoms with van der Waals surface area (Å²) in [7, 11) is 0. The van der Waals surface area contributed by atoms with E-state index in [1.807, 2.05) is 43.3 Å². The van der Waals surface area contributed by atoms with Gasteiger partial charge in [0, 0.05) is 16.0 Å². The summed E-state index contributed by atoms with van der Waals surface area (Å²) >= 11 is 9.72. The summed E-state index contributed by atoms with van der Waals surface area (Å²) in [6.45, 7) is 2.35. The van der Waals surface area contributed by atoms with E-state index >= 15 is 0 Å². The number of hydrogen-bond acceptors (Lipinski definition) is 5. The van der Waals surface area contributed by atoms with Crippen LogP contribution in [0.3, 0.4) is 0 Å². The molecule has 0 saturated carbocycles. The second kappa shape index (κ2) is 8.84. The minimum Gasteiger partial charge on any atom is -0.492 e. The Kier molecular flexibility index (Phi) is 5.74. The lowest BCUT2D eigenvalue weighted by Gasteiger charge is -2.11. The molecule has 0 bridgehead atoms. The number of aromatic nitrogens is 2. The first kappa shape index (κ1) is 21.4. The van der Waals surface area contributed by atoms with Crippen molar-refractivity contribution in [3.8, 4) is 17.3 Å². The quantitative estimate of drug-likeness (QED) is 0.247. The van der Waals surface area contributed by atoms with Crippen LogP contribution in [-0.4, -0.2) is 22.5 Å². The zero-order valence-electron chi connectivity index (χ0n) is 17.5. The van der Waals surface area contributed by atoms with E-state index in [1.54, 1.807) is 30.3 Å². The zero-order chi connectivity index (χ0) is 22.9. The lowest BCUT2D eigenvalue weighted by molar-refractivity contribution is 0.337. The molecule has 0 aliphatic heterocycles. The summed E-state index contributed by atoms with van der Waals surface area (Å²) in [5, 5.41) is 6.36. The van der Waals surface area contributed by atoms with Gasteiger partial charge in [-0.05, 0) is 59.3 Å². The molecule has 0 aliphatic rings. The van der Waals surface area contributed by atoms with Gasteiger partial charge < -0.3 is 9.15 Å². The van der Waals surface area contributed by atoms with Crippen molar-refractivity contribution in [3.05, 3.63) is 92.1 Å². The SMILES string of the molecule is CCOc1c(Br)cc(Cl)cc1C=Nn1c(-c2cc3ccccc3o2)nc2ccccc2c1=O. The molecule has 2 heterocycles. The third-order valence-corrected chi connectivity index (χ3v) is 5.85. The van der Waals surface area contributed by atoms with Crippen molar-refractivity contribution in [2.45, 2.75) is 6.92 Å². The smallest absolute Gasteiger partial charge is 0.282 e. The first-order valence-electron chi connectivity index (χ1n) is 10.2. The van der Waals surface area contributed by atoms with E-state index in [2.05, 4.69) is 21.0 Å². The van der Waals surface area contributed by atoms with Crippen LogP contribution in [0.1, 0.15) is 12.5 Å². The van der Waals surface area contributed by atoms with Crippen LogP contribution in [0.25, 0.3) is 33.5 Å². The predicted octanol–water partition coefficient (Wildman–Crippen LogP) is 6.51. The van der Waals surface area contributed by atoms with E-state index in [0.29, 0.717) is 55.5 Å². The topological polar surface area (TPSA) is 69.6 Å². The van der Waals surface area contributed by atoms with Crippen molar-refractivity contribution in [2.75, 3.05) is 6.61 Å². The van der Waals surface area contributed by atoms with Gasteiger partial charge in [-0.1, -0.05) is 41.9 Å². The van der Waals surface area contributed by atoms with Gasteiger partial charge in [0.05, 0.1) is 28.2 Å². The lowest BCUT2D eigenvalue weighted by Crippen LogP contribution is -2.20. The summed E-state index contributed by atoms with van der Waals surface area (Å²) in [4.78, 5) is 18.1. The Balaban J connectivity index is 1.73. The number of rotatable bonds is 5. The highest BCUT2D eigenvalue weighted by Gasteiger charge is 2.17. The van der Waals surface area contributed by atoms with E-state index in [4.69, 9.17) is 25.7 Å². The van der Waals surface area contributed by atoms with Gasteiger partial charge in [0.25, 0.3) is 5.56 Å². The van der Waals surface area contributed by atoms with Gasteiger partial charge in [0.2, 0.25) is 5.82 Å². The molecule has 164 valence electrons. The molecule has 5 aromatic rings. The van der Waals surface area contributed by atoms with Gasteiger partial charge in [-0.2, -0.15) is 9.78 Å². The predicted molar refractivity (Wildman–Crippen MR) is 135 cm³/mol. The summed E-state index contributed by atoms with van der Waals surface area (Å²) in [6, 6.07) is 20.1. The number of furan rings is 1. The number of benzene rings is 3. The molecule has 0 aliphatic carbocycles. The van der Waals surface area contributed by atoms with Gasteiger partial charge in [0.1, 0.15) is 11.3 Å². The van der Waals surface area contributed by atoms with E-state index in [-0.39, 0.29) is 5.56 Å². The second-order valence-electron chi connectivity index (χ2n) is 7.20. The van der Waals surface area contributed by atoms with Gasteiger partial charge in [-0.3, -0.25) is 4.79 Å². The molecule has 0 unspecified atom stereocenters. The van der Waals surface area contributed by atoms with Crippen molar-refractivity contribution in [3.63, 3.8) is 0 Å². The molecule has 0 spiro atoms. The van der Waals surface area contributed by atoms with Crippen molar-refractivity contribution >= 4 is 55.6 Å². The van der Waals surface area contributed by atoms with E-state index in [9.17, 15) is 4.79 Å². The molecule has 0 N–H and O–H groups in total. The average molecular weight is 523 g/mol. The van der Waals surface area contributed by atoms with Crippen LogP contribution in [-0.2, 0) is 0 Å². The monoisotopic (exact) mass is 521 g/mol. The van der Waals surface area contributed by atoms with Crippen molar-refractivity contribution < 1.29 is 9.15 Å². The van der Waals surface area contributed by atoms with Crippen LogP contribution in [0.5, 0.6) is 5.75 Å². The summed E-state index contributed by atoms with van der Waals surface area (Å²) in [6.07, 6.45) is 1.53. The first-order chi connectivity index (χ1) is 16.0. The maximum atomic E-state index is 13.4. The molecule has 33 heavy (non-hydrogen) atoms. The van der Waals surface area contributed by atoms with Crippen LogP contribution < -0.4 is 10.3 Å². The Morgan fingerprint density at radius 1 is 1.15 bits per heavy atom. The zero-order valence-corrected chi connectivity index (χ0v) is 19.8. The van der Waals surface area contributed by atoms with Crippen molar-refractivity contribution in [1.29, 1.82) is 0 Å². The van der Waals surface area contributed by atoms with Gasteiger partial charge in [-0.15, -0.1) is 0 Å². The Morgan fingerprint density at radius 3 is 2.76 bits per heavy atom. The molecule has 0 saturated heterocycles. The van der Waals surface area contributed by atoms with Gasteiger partial charge in [0.15, 0.2) is 5.76 Å². The van der Waals surface area contributed by atoms with E-state index < -0.39 is 0 Å². The molecule has 0 atom stereocenters.